The summed E-state index contributed by atoms with van der Waals surface area (Å²) in [6, 6.07) is 13.0. The second-order valence-electron chi connectivity index (χ2n) is 6.91. The first-order valence-corrected chi connectivity index (χ1v) is 8.53. The minimum atomic E-state index is 0.368. The summed E-state index contributed by atoms with van der Waals surface area (Å²) in [6.45, 7) is 10.8. The third-order valence-corrected chi connectivity index (χ3v) is 4.67. The summed E-state index contributed by atoms with van der Waals surface area (Å²) in [5.41, 5.74) is 10.1. The first-order chi connectivity index (χ1) is 11.5. The molecule has 24 heavy (non-hydrogen) atoms. The fourth-order valence-electron chi connectivity index (χ4n) is 3.65. The van der Waals surface area contributed by atoms with Gasteiger partial charge < -0.3 is 0 Å². The minimum absolute atomic E-state index is 0.368. The van der Waals surface area contributed by atoms with Crippen LogP contribution >= 0.6 is 0 Å². The summed E-state index contributed by atoms with van der Waals surface area (Å²) in [4.78, 5) is 4.83. The van der Waals surface area contributed by atoms with Crippen LogP contribution in [-0.4, -0.2) is 6.21 Å². The van der Waals surface area contributed by atoms with Crippen molar-refractivity contribution >= 4 is 11.9 Å². The van der Waals surface area contributed by atoms with E-state index in [1.54, 1.807) is 0 Å². The van der Waals surface area contributed by atoms with Crippen molar-refractivity contribution in [1.82, 2.24) is 0 Å². The smallest absolute Gasteiger partial charge is 0.0688 e. The van der Waals surface area contributed by atoms with E-state index < -0.39 is 0 Å². The average molecular weight is 315 g/mol. The van der Waals surface area contributed by atoms with Crippen molar-refractivity contribution < 1.29 is 0 Å². The molecule has 0 spiro atoms. The maximum atomic E-state index is 4.83. The van der Waals surface area contributed by atoms with E-state index in [4.69, 9.17) is 4.99 Å². The fraction of sp³-hybridized carbons (Fsp3) is 0.261. The van der Waals surface area contributed by atoms with Gasteiger partial charge in [0.25, 0.3) is 0 Å². The lowest BCUT2D eigenvalue weighted by Crippen LogP contribution is -1.99. The molecule has 1 heteroatoms. The molecular weight excluding hydrogens is 290 g/mol. The lowest BCUT2D eigenvalue weighted by molar-refractivity contribution is 1.01. The Balaban J connectivity index is 1.99. The molecule has 2 aromatic carbocycles. The third-order valence-electron chi connectivity index (χ3n) is 4.67. The highest BCUT2D eigenvalue weighted by molar-refractivity contribution is 5.85. The molecule has 1 unspecified atom stereocenters. The zero-order chi connectivity index (χ0) is 17.3. The van der Waals surface area contributed by atoms with Gasteiger partial charge in [-0.2, -0.15) is 0 Å². The number of rotatable bonds is 3. The molecule has 0 aliphatic heterocycles. The largest absolute Gasteiger partial charge is 0.256 e. The Bertz CT molecular complexity index is 842. The molecule has 0 N–H and O–H groups in total. The molecule has 1 atom stereocenters. The Morgan fingerprint density at radius 2 is 1.58 bits per heavy atom. The lowest BCUT2D eigenvalue weighted by Gasteiger charge is -2.14. The Morgan fingerprint density at radius 1 is 0.917 bits per heavy atom. The van der Waals surface area contributed by atoms with Crippen LogP contribution < -0.4 is 0 Å². The van der Waals surface area contributed by atoms with Gasteiger partial charge in [0.2, 0.25) is 0 Å². The van der Waals surface area contributed by atoms with E-state index in [0.717, 1.165) is 5.69 Å². The molecule has 1 aliphatic rings. The van der Waals surface area contributed by atoms with E-state index >= 15 is 0 Å². The Morgan fingerprint density at radius 3 is 2.21 bits per heavy atom. The van der Waals surface area contributed by atoms with Crippen LogP contribution in [-0.2, 0) is 0 Å². The lowest BCUT2D eigenvalue weighted by atomic mass is 9.91. The van der Waals surface area contributed by atoms with E-state index in [1.165, 1.54) is 39.0 Å². The molecule has 0 amide bonds. The van der Waals surface area contributed by atoms with Crippen LogP contribution in [0.5, 0.6) is 0 Å². The summed E-state index contributed by atoms with van der Waals surface area (Å²) in [5, 5.41) is 0. The van der Waals surface area contributed by atoms with Gasteiger partial charge in [0.05, 0.1) is 5.69 Å². The van der Waals surface area contributed by atoms with Gasteiger partial charge in [-0.3, -0.25) is 4.99 Å². The van der Waals surface area contributed by atoms with Crippen molar-refractivity contribution in [3.63, 3.8) is 0 Å². The van der Waals surface area contributed by atoms with Gasteiger partial charge in [0.1, 0.15) is 0 Å². The van der Waals surface area contributed by atoms with Crippen LogP contribution in [0.4, 0.5) is 5.69 Å². The molecular formula is C23H25N. The van der Waals surface area contributed by atoms with Crippen molar-refractivity contribution in [3.05, 3.63) is 87.5 Å². The van der Waals surface area contributed by atoms with Crippen LogP contribution in [0.25, 0.3) is 0 Å². The number of aryl methyl sites for hydroxylation is 3. The first-order valence-electron chi connectivity index (χ1n) is 8.53. The van der Waals surface area contributed by atoms with Crippen LogP contribution in [0.2, 0.25) is 0 Å². The predicted molar refractivity (Wildman–Crippen MR) is 105 cm³/mol. The maximum Gasteiger partial charge on any atom is 0.0688 e. The van der Waals surface area contributed by atoms with Crippen molar-refractivity contribution in [2.24, 2.45) is 4.99 Å². The molecule has 0 radical (unpaired) electrons. The molecule has 3 rings (SSSR count). The zero-order valence-corrected chi connectivity index (χ0v) is 15.2. The topological polar surface area (TPSA) is 12.4 Å². The minimum Gasteiger partial charge on any atom is -0.256 e. The molecule has 0 bridgehead atoms. The average Bonchev–Trinajstić information content (AvgIpc) is 2.85. The quantitative estimate of drug-likeness (QED) is 0.585. The van der Waals surface area contributed by atoms with E-state index in [0.29, 0.717) is 5.92 Å². The second kappa shape index (κ2) is 6.60. The van der Waals surface area contributed by atoms with E-state index in [1.807, 2.05) is 6.21 Å². The zero-order valence-electron chi connectivity index (χ0n) is 15.2. The van der Waals surface area contributed by atoms with Crippen LogP contribution in [0.15, 0.2) is 64.7 Å². The van der Waals surface area contributed by atoms with Crippen molar-refractivity contribution in [2.45, 2.75) is 40.5 Å². The van der Waals surface area contributed by atoms with Gasteiger partial charge in [0.15, 0.2) is 0 Å². The van der Waals surface area contributed by atoms with Gasteiger partial charge >= 0.3 is 0 Å². The molecule has 122 valence electrons. The number of hydrogen-bond acceptors (Lipinski definition) is 1. The summed E-state index contributed by atoms with van der Waals surface area (Å²) < 4.78 is 0. The summed E-state index contributed by atoms with van der Waals surface area (Å²) >= 11 is 0. The Kier molecular flexibility index (Phi) is 4.53. The van der Waals surface area contributed by atoms with Crippen molar-refractivity contribution in [1.29, 1.82) is 0 Å². The maximum absolute atomic E-state index is 4.83. The van der Waals surface area contributed by atoms with Crippen molar-refractivity contribution in [3.8, 4) is 0 Å². The van der Waals surface area contributed by atoms with Gasteiger partial charge in [-0.1, -0.05) is 65.3 Å². The Labute approximate surface area is 145 Å². The molecule has 2 aromatic rings. The van der Waals surface area contributed by atoms with Crippen LogP contribution in [0, 0.1) is 20.8 Å². The first kappa shape index (κ1) is 16.4. The number of nitrogens with zero attached hydrogens (tertiary/aromatic N) is 1. The SMILES string of the molecule is CC1=CC(c2ccccc2C=Nc2c(C)cc(C)cc2C)C(C)=C1. The third kappa shape index (κ3) is 3.26. The van der Waals surface area contributed by atoms with Gasteiger partial charge in [-0.05, 0) is 56.9 Å². The Hall–Kier alpha value is -2.41. The predicted octanol–water partition coefficient (Wildman–Crippen LogP) is 6.35. The van der Waals surface area contributed by atoms with Gasteiger partial charge in [0, 0.05) is 12.1 Å². The highest BCUT2D eigenvalue weighted by atomic mass is 14.7. The summed E-state index contributed by atoms with van der Waals surface area (Å²) in [6.07, 6.45) is 6.63. The molecule has 0 saturated heterocycles. The molecule has 0 fully saturated rings. The second-order valence-corrected chi connectivity index (χ2v) is 6.91. The molecule has 0 heterocycles. The summed E-state index contributed by atoms with van der Waals surface area (Å²) in [7, 11) is 0. The van der Waals surface area contributed by atoms with E-state index in [2.05, 4.69) is 83.2 Å². The molecule has 0 aromatic heterocycles. The molecule has 1 aliphatic carbocycles. The fourth-order valence-corrected chi connectivity index (χ4v) is 3.65. The van der Waals surface area contributed by atoms with Crippen LogP contribution in [0.3, 0.4) is 0 Å². The number of aliphatic imine (C=N–C) groups is 1. The summed E-state index contributed by atoms with van der Waals surface area (Å²) in [5.74, 6) is 0.368. The van der Waals surface area contributed by atoms with Gasteiger partial charge in [-0.25, -0.2) is 0 Å². The normalized spacial score (nSPS) is 17.3. The van der Waals surface area contributed by atoms with Crippen LogP contribution in [0.1, 0.15) is 47.6 Å². The standard InChI is InChI=1S/C23H25N/c1-15-11-18(4)23(19(5)12-15)24-14-20-8-6-7-9-21(20)22-13-16(2)10-17(22)3/h6-14,22H,1-5H3. The number of benzene rings is 2. The van der Waals surface area contributed by atoms with Crippen molar-refractivity contribution in [2.75, 3.05) is 0 Å². The van der Waals surface area contributed by atoms with Gasteiger partial charge in [-0.15, -0.1) is 0 Å². The molecule has 1 nitrogen and oxygen atoms in total. The van der Waals surface area contributed by atoms with E-state index in [-0.39, 0.29) is 0 Å². The van der Waals surface area contributed by atoms with E-state index in [9.17, 15) is 0 Å². The highest BCUT2D eigenvalue weighted by Crippen LogP contribution is 2.34. The molecule has 0 saturated carbocycles. The highest BCUT2D eigenvalue weighted by Gasteiger charge is 2.18. The monoisotopic (exact) mass is 315 g/mol. The number of hydrogen-bond donors (Lipinski definition) is 0. The number of allylic oxidation sites excluding steroid dienone is 4.